The maximum Gasteiger partial charge on any atom is 0.294 e. The molecule has 0 spiro atoms. The number of fused-ring (bicyclic) bond motifs is 3. The maximum absolute atomic E-state index is 14.4. The summed E-state index contributed by atoms with van der Waals surface area (Å²) in [5.41, 5.74) is 15.5. The summed E-state index contributed by atoms with van der Waals surface area (Å²) in [5, 5.41) is 46.7. The van der Waals surface area contributed by atoms with Gasteiger partial charge in [-0.15, -0.1) is 0 Å². The molecular weight excluding hydrogens is 1220 g/mol. The average Bonchev–Trinajstić information content (AvgIpc) is 1.77. The van der Waals surface area contributed by atoms with E-state index in [2.05, 4.69) is 33.5 Å². The van der Waals surface area contributed by atoms with Crippen molar-refractivity contribution in [3.8, 4) is 11.5 Å². The number of nitrogens with two attached hydrogens (primary N) is 2. The number of aliphatic hydroxyl groups is 2. The summed E-state index contributed by atoms with van der Waals surface area (Å²) >= 11 is 0. The topological polar surface area (TPSA) is 417 Å². The number of ether oxygens (including phenoxy) is 1. The van der Waals surface area contributed by atoms with Gasteiger partial charge in [0.15, 0.2) is 0 Å². The zero-order valence-electron chi connectivity index (χ0n) is 51.4. The second-order valence-corrected chi connectivity index (χ2v) is 25.8. The molecule has 7 amide bonds. The summed E-state index contributed by atoms with van der Waals surface area (Å²) in [6.45, 7) is 8.86. The Morgan fingerprint density at radius 3 is 1.84 bits per heavy atom. The van der Waals surface area contributed by atoms with Gasteiger partial charge >= 0.3 is 0 Å². The number of phenols is 1. The van der Waals surface area contributed by atoms with Crippen molar-refractivity contribution >= 4 is 72.4 Å². The Hall–Kier alpha value is -8.09. The number of rotatable bonds is 14. The molecule has 10 atom stereocenters. The number of aliphatic hydroxyl groups excluding tert-OH is 2. The summed E-state index contributed by atoms with van der Waals surface area (Å²) in [7, 11) is -8.04. The van der Waals surface area contributed by atoms with Crippen molar-refractivity contribution in [2.75, 3.05) is 19.7 Å². The van der Waals surface area contributed by atoms with Crippen LogP contribution in [-0.2, 0) is 55.4 Å². The minimum Gasteiger partial charge on any atom is -0.508 e. The number of aryl methyl sites for hydroxylation is 3. The molecule has 3 saturated heterocycles. The molecule has 0 bridgehead atoms. The van der Waals surface area contributed by atoms with E-state index < -0.39 is 122 Å². The number of unbranched alkanes of at least 4 members (excludes halogenated alkanes) is 2. The molecule has 3 aliphatic rings. The van der Waals surface area contributed by atoms with E-state index in [-0.39, 0.29) is 79.1 Å². The van der Waals surface area contributed by atoms with E-state index in [0.29, 0.717) is 17.9 Å². The fourth-order valence-electron chi connectivity index (χ4n) is 10.5. The lowest BCUT2D eigenvalue weighted by Gasteiger charge is -2.34. The van der Waals surface area contributed by atoms with Crippen molar-refractivity contribution < 1.29 is 79.6 Å². The van der Waals surface area contributed by atoms with Crippen LogP contribution in [0.2, 0.25) is 0 Å². The number of nitrogens with zero attached hydrogens (tertiary/aromatic N) is 2. The van der Waals surface area contributed by atoms with E-state index in [1.807, 2.05) is 32.0 Å². The number of carbonyl (C=O) groups excluding carboxylic acids is 7. The van der Waals surface area contributed by atoms with Crippen molar-refractivity contribution in [2.24, 2.45) is 11.5 Å². The highest BCUT2D eigenvalue weighted by molar-refractivity contribution is 7.86. The van der Waals surface area contributed by atoms with Gasteiger partial charge in [0.25, 0.3) is 26.1 Å². The highest BCUT2D eigenvalue weighted by Crippen LogP contribution is 2.26. The molecule has 0 aromatic heterocycles. The van der Waals surface area contributed by atoms with E-state index >= 15 is 0 Å². The molecule has 8 rings (SSSR count). The number of amides is 7. The second-order valence-electron chi connectivity index (χ2n) is 22.9. The van der Waals surface area contributed by atoms with Gasteiger partial charge in [-0.25, -0.2) is 0 Å². The molecule has 0 radical (unpaired) electrons. The van der Waals surface area contributed by atoms with E-state index in [0.717, 1.165) is 46.1 Å². The molecular formula is C63H83N9O17S2. The minimum absolute atomic E-state index is 0.0168. The predicted molar refractivity (Wildman–Crippen MR) is 336 cm³/mol. The van der Waals surface area contributed by atoms with Crippen LogP contribution in [0.25, 0.3) is 10.8 Å². The number of benzene rings is 5. The Morgan fingerprint density at radius 1 is 0.681 bits per heavy atom. The molecule has 5 aromatic rings. The molecule has 494 valence electrons. The van der Waals surface area contributed by atoms with Crippen LogP contribution < -0.4 is 42.8 Å². The molecule has 26 nitrogen and oxygen atoms in total. The highest BCUT2D eigenvalue weighted by atomic mass is 32.2. The lowest BCUT2D eigenvalue weighted by Crippen LogP contribution is -2.63. The van der Waals surface area contributed by atoms with Crippen LogP contribution in [0.3, 0.4) is 0 Å². The first kappa shape index (κ1) is 72.0. The van der Waals surface area contributed by atoms with Crippen LogP contribution >= 0.6 is 0 Å². The van der Waals surface area contributed by atoms with Gasteiger partial charge < -0.3 is 67.9 Å². The SMILES string of the molecule is CCCCCOc1ccc2cc(C(=O)N[C@H]3CCCNC(=O)[C@@H]4C[C@H](N)CN4C(=O)[C@H]([C@H](C)O)NC(=O)[C@H](CCc4ccc(O)cc4)NC(=O)[C@@H]4CC[C@H](N)N4C(=O)[C@H]([C@@H](C)O)NC3=O)ccc2c1.Cc1ccc(S(=O)(=O)O)cc1.Cc1ccc(S(=O)(=O)O)cc1. The lowest BCUT2D eigenvalue weighted by atomic mass is 10.0. The first-order valence-electron chi connectivity index (χ1n) is 30.0. The number of phenolic OH excluding ortho intramolecular Hbond substituents is 1. The first-order chi connectivity index (χ1) is 42.9. The standard InChI is InChI=1S/C49H67N9O11.2C7H8O3S/c1-4-5-6-22-69-35-17-14-30-23-32(13-12-31(30)24-35)43(62)53-36-8-7-21-52-46(65)39-25-33(50)26-57(39)48(67)41(27(2)59)55-45(64)37(18-11-29-9-15-34(61)16-10-29)54-47(66)38-19-20-40(51)58(38)49(68)42(28(3)60)56-44(36)63;2*1-6-2-4-7(5-3-6)11(8,9)10/h9-10,12-17,23-24,27-28,33,36-42,59-61H,4-8,11,18-22,25-26,50-51H2,1-3H3,(H,52,65)(H,53,62)(H,54,66)(H,55,64)(H,56,63);2*2-5H,1H3,(H,8,9,10)/t27-,28+,33-,36-,37-,38-,39-,40+,41-,42-;;/m0../s1. The third-order valence-corrected chi connectivity index (χ3v) is 17.3. The molecule has 3 heterocycles. The molecule has 14 N–H and O–H groups in total. The summed E-state index contributed by atoms with van der Waals surface area (Å²) < 4.78 is 65.0. The van der Waals surface area contributed by atoms with Gasteiger partial charge in [-0.2, -0.15) is 16.8 Å². The number of hydrogen-bond acceptors (Lipinski definition) is 17. The van der Waals surface area contributed by atoms with Gasteiger partial charge in [-0.3, -0.25) is 42.7 Å². The van der Waals surface area contributed by atoms with Gasteiger partial charge in [0.1, 0.15) is 47.8 Å². The fraction of sp³-hybridized carbons (Fsp3) is 0.444. The monoisotopic (exact) mass is 1300 g/mol. The number of aromatic hydroxyl groups is 1. The molecule has 3 fully saturated rings. The van der Waals surface area contributed by atoms with E-state index in [1.54, 1.807) is 54.6 Å². The Bertz CT molecular complexity index is 3500. The Balaban J connectivity index is 0.000000499. The van der Waals surface area contributed by atoms with Gasteiger partial charge in [0.2, 0.25) is 35.4 Å². The highest BCUT2D eigenvalue weighted by Gasteiger charge is 2.46. The molecule has 28 heteroatoms. The van der Waals surface area contributed by atoms with Crippen LogP contribution in [-0.4, -0.2) is 173 Å². The quantitative estimate of drug-likeness (QED) is 0.0561. The molecule has 91 heavy (non-hydrogen) atoms. The maximum atomic E-state index is 14.4. The zero-order chi connectivity index (χ0) is 66.9. The number of hydrogen-bond donors (Lipinski definition) is 12. The smallest absolute Gasteiger partial charge is 0.294 e. The van der Waals surface area contributed by atoms with Gasteiger partial charge in [0, 0.05) is 24.7 Å². The van der Waals surface area contributed by atoms with Crippen molar-refractivity contribution in [1.82, 2.24) is 36.4 Å². The van der Waals surface area contributed by atoms with Crippen LogP contribution in [0.5, 0.6) is 11.5 Å². The van der Waals surface area contributed by atoms with Crippen LogP contribution in [0, 0.1) is 13.8 Å². The Labute approximate surface area is 529 Å². The second kappa shape index (κ2) is 32.8. The van der Waals surface area contributed by atoms with E-state index in [4.69, 9.17) is 25.3 Å². The average molecular weight is 1300 g/mol. The summed E-state index contributed by atoms with van der Waals surface area (Å²) in [6.07, 6.45) is -0.491. The van der Waals surface area contributed by atoms with Gasteiger partial charge in [-0.05, 0) is 156 Å². The summed E-state index contributed by atoms with van der Waals surface area (Å²) in [4.78, 5) is 101. The normalized spacial score (nSPS) is 22.8. The lowest BCUT2D eigenvalue weighted by molar-refractivity contribution is -0.146. The number of carbonyl (C=O) groups is 7. The van der Waals surface area contributed by atoms with Crippen molar-refractivity contribution in [3.05, 3.63) is 131 Å². The van der Waals surface area contributed by atoms with Crippen LogP contribution in [0.1, 0.15) is 106 Å². The molecule has 0 saturated carbocycles. The van der Waals surface area contributed by atoms with E-state index in [1.165, 1.54) is 55.1 Å². The van der Waals surface area contributed by atoms with Crippen molar-refractivity contribution in [3.63, 3.8) is 0 Å². The summed E-state index contributed by atoms with van der Waals surface area (Å²) in [6, 6.07) is 19.9. The first-order valence-corrected chi connectivity index (χ1v) is 32.9. The third kappa shape index (κ3) is 20.7. The van der Waals surface area contributed by atoms with Crippen molar-refractivity contribution in [1.29, 1.82) is 0 Å². The van der Waals surface area contributed by atoms with Gasteiger partial charge in [-0.1, -0.05) is 79.4 Å². The van der Waals surface area contributed by atoms with Crippen LogP contribution in [0.15, 0.2) is 119 Å². The van der Waals surface area contributed by atoms with Gasteiger partial charge in [0.05, 0.1) is 34.8 Å². The summed E-state index contributed by atoms with van der Waals surface area (Å²) in [5.74, 6) is -4.64. The Morgan fingerprint density at radius 2 is 1.25 bits per heavy atom. The molecule has 0 aliphatic carbocycles. The molecule has 5 aromatic carbocycles. The fourth-order valence-corrected chi connectivity index (χ4v) is 11.4. The zero-order valence-corrected chi connectivity index (χ0v) is 53.0. The minimum atomic E-state index is -4.02. The number of nitrogens with one attached hydrogen (secondary N) is 5. The Kier molecular flexibility index (Phi) is 25.9. The predicted octanol–water partition coefficient (Wildman–Crippen LogP) is 2.66. The van der Waals surface area contributed by atoms with Crippen LogP contribution in [0.4, 0.5) is 0 Å². The largest absolute Gasteiger partial charge is 0.508 e. The van der Waals surface area contributed by atoms with E-state index in [9.17, 15) is 65.7 Å². The van der Waals surface area contributed by atoms with Crippen molar-refractivity contribution in [2.45, 2.75) is 169 Å². The molecule has 0 unspecified atom stereocenters. The third-order valence-electron chi connectivity index (χ3n) is 15.6. The molecule has 3 aliphatic heterocycles.